The molecule has 0 atom stereocenters. The lowest BCUT2D eigenvalue weighted by Crippen LogP contribution is -2.06. The van der Waals surface area contributed by atoms with Gasteiger partial charge >= 0.3 is 11.9 Å². The van der Waals surface area contributed by atoms with Crippen LogP contribution < -0.4 is 0 Å². The Morgan fingerprint density at radius 1 is 0.636 bits per heavy atom. The van der Waals surface area contributed by atoms with Gasteiger partial charge in [0.15, 0.2) is 0 Å². The molecule has 2 aromatic carbocycles. The second-order valence-electron chi connectivity index (χ2n) is 8.39. The van der Waals surface area contributed by atoms with Crippen LogP contribution in [0, 0.1) is 5.92 Å². The van der Waals surface area contributed by atoms with Gasteiger partial charge in [-0.15, -0.1) is 0 Å². The van der Waals surface area contributed by atoms with Crippen molar-refractivity contribution in [3.8, 4) is 0 Å². The maximum Gasteiger partial charge on any atom is 0.306 e. The highest BCUT2D eigenvalue weighted by Crippen LogP contribution is 2.17. The van der Waals surface area contributed by atoms with Crippen molar-refractivity contribution in [3.63, 3.8) is 0 Å². The largest absolute Gasteiger partial charge is 0.461 e. The third kappa shape index (κ3) is 12.6. The van der Waals surface area contributed by atoms with E-state index in [1.807, 2.05) is 60.7 Å². The fraction of sp³-hybridized carbons (Fsp3) is 0.464. The monoisotopic (exact) mass is 452 g/mol. The van der Waals surface area contributed by atoms with E-state index in [0.717, 1.165) is 68.8 Å². The molecule has 0 spiro atoms. The molecule has 0 aliphatic rings. The Labute approximate surface area is 197 Å². The Bertz CT molecular complexity index is 738. The van der Waals surface area contributed by atoms with E-state index < -0.39 is 0 Å². The van der Waals surface area contributed by atoms with Crippen LogP contribution in [0.4, 0.5) is 0 Å². The first-order valence-electron chi connectivity index (χ1n) is 12.0. The number of benzene rings is 2. The van der Waals surface area contributed by atoms with Crippen LogP contribution in [0.25, 0.3) is 0 Å². The number of esters is 2. The van der Waals surface area contributed by atoms with Crippen molar-refractivity contribution in [2.75, 3.05) is 0 Å². The molecule has 0 fully saturated rings. The average Bonchev–Trinajstić information content (AvgIpc) is 2.85. The van der Waals surface area contributed by atoms with E-state index in [2.05, 4.69) is 0 Å². The van der Waals surface area contributed by atoms with Gasteiger partial charge in [0, 0.05) is 18.8 Å². The minimum Gasteiger partial charge on any atom is -0.461 e. The number of aldehydes is 1. The molecule has 0 aliphatic carbocycles. The van der Waals surface area contributed by atoms with Crippen molar-refractivity contribution in [2.24, 2.45) is 5.92 Å². The fourth-order valence-corrected chi connectivity index (χ4v) is 3.61. The van der Waals surface area contributed by atoms with E-state index in [1.165, 1.54) is 0 Å². The quantitative estimate of drug-likeness (QED) is 0.163. The molecule has 0 radical (unpaired) electrons. The first-order valence-corrected chi connectivity index (χ1v) is 12.0. The molecule has 0 amide bonds. The van der Waals surface area contributed by atoms with Gasteiger partial charge in [-0.25, -0.2) is 0 Å². The predicted molar refractivity (Wildman–Crippen MR) is 128 cm³/mol. The molecule has 0 aliphatic heterocycles. The topological polar surface area (TPSA) is 69.7 Å². The van der Waals surface area contributed by atoms with Crippen molar-refractivity contribution >= 4 is 18.2 Å². The molecule has 5 nitrogen and oxygen atoms in total. The second kappa shape index (κ2) is 16.7. The van der Waals surface area contributed by atoms with E-state index in [0.29, 0.717) is 26.1 Å². The van der Waals surface area contributed by atoms with Crippen LogP contribution in [0.1, 0.15) is 75.3 Å². The second-order valence-corrected chi connectivity index (χ2v) is 8.39. The van der Waals surface area contributed by atoms with Gasteiger partial charge in [0.1, 0.15) is 19.5 Å². The molecule has 0 aromatic heterocycles. The van der Waals surface area contributed by atoms with Gasteiger partial charge in [-0.2, -0.15) is 0 Å². The summed E-state index contributed by atoms with van der Waals surface area (Å²) < 4.78 is 10.6. The Balaban J connectivity index is 1.43. The van der Waals surface area contributed by atoms with E-state index in [9.17, 15) is 14.4 Å². The molecule has 0 saturated heterocycles. The molecule has 2 aromatic rings. The molecule has 2 rings (SSSR count). The number of hydrogen-bond acceptors (Lipinski definition) is 5. The van der Waals surface area contributed by atoms with Gasteiger partial charge in [-0.3, -0.25) is 9.59 Å². The Hall–Kier alpha value is -2.95. The van der Waals surface area contributed by atoms with Gasteiger partial charge in [-0.1, -0.05) is 86.3 Å². The maximum atomic E-state index is 11.8. The van der Waals surface area contributed by atoms with Crippen molar-refractivity contribution < 1.29 is 23.9 Å². The lowest BCUT2D eigenvalue weighted by molar-refractivity contribution is -0.146. The van der Waals surface area contributed by atoms with Crippen molar-refractivity contribution in [3.05, 3.63) is 71.8 Å². The summed E-state index contributed by atoms with van der Waals surface area (Å²) in [6.07, 6.45) is 8.83. The highest BCUT2D eigenvalue weighted by atomic mass is 16.5. The Morgan fingerprint density at radius 3 is 1.45 bits per heavy atom. The SMILES string of the molecule is O=CC(CCCCCC(=O)OCc1ccccc1)CCCCCC(=O)OCc1ccccc1. The van der Waals surface area contributed by atoms with Crippen LogP contribution in [-0.2, 0) is 37.1 Å². The highest BCUT2D eigenvalue weighted by Gasteiger charge is 2.09. The van der Waals surface area contributed by atoms with Crippen LogP contribution in [0.5, 0.6) is 0 Å². The van der Waals surface area contributed by atoms with E-state index >= 15 is 0 Å². The summed E-state index contributed by atoms with van der Waals surface area (Å²) in [5.41, 5.74) is 1.98. The van der Waals surface area contributed by atoms with Gasteiger partial charge < -0.3 is 14.3 Å². The summed E-state index contributed by atoms with van der Waals surface area (Å²) in [4.78, 5) is 35.0. The molecular weight excluding hydrogens is 416 g/mol. The molecule has 0 unspecified atom stereocenters. The zero-order valence-corrected chi connectivity index (χ0v) is 19.5. The first kappa shape index (κ1) is 26.3. The van der Waals surface area contributed by atoms with Crippen molar-refractivity contribution in [1.82, 2.24) is 0 Å². The van der Waals surface area contributed by atoms with Crippen LogP contribution in [0.2, 0.25) is 0 Å². The molecule has 33 heavy (non-hydrogen) atoms. The Kier molecular flexibility index (Phi) is 13.3. The van der Waals surface area contributed by atoms with Crippen LogP contribution in [0.3, 0.4) is 0 Å². The third-order valence-corrected chi connectivity index (χ3v) is 5.59. The molecule has 178 valence electrons. The maximum absolute atomic E-state index is 11.8. The van der Waals surface area contributed by atoms with Crippen LogP contribution in [0.15, 0.2) is 60.7 Å². The number of ether oxygens (including phenoxy) is 2. The lowest BCUT2D eigenvalue weighted by Gasteiger charge is -2.10. The average molecular weight is 453 g/mol. The predicted octanol–water partition coefficient (Wildman–Crippen LogP) is 6.19. The van der Waals surface area contributed by atoms with Crippen LogP contribution >= 0.6 is 0 Å². The van der Waals surface area contributed by atoms with Crippen molar-refractivity contribution in [2.45, 2.75) is 77.4 Å². The summed E-state index contributed by atoms with van der Waals surface area (Å²) in [6.45, 7) is 0.634. The molecule has 5 heteroatoms. The summed E-state index contributed by atoms with van der Waals surface area (Å²) in [5.74, 6) is -0.291. The van der Waals surface area contributed by atoms with E-state index in [-0.39, 0.29) is 17.9 Å². The van der Waals surface area contributed by atoms with Gasteiger partial charge in [-0.05, 0) is 36.8 Å². The van der Waals surface area contributed by atoms with E-state index in [4.69, 9.17) is 9.47 Å². The first-order chi connectivity index (χ1) is 16.2. The smallest absolute Gasteiger partial charge is 0.306 e. The number of rotatable bonds is 17. The summed E-state index contributed by atoms with van der Waals surface area (Å²) in [6, 6.07) is 19.3. The number of carbonyl (C=O) groups excluding carboxylic acids is 3. The normalized spacial score (nSPS) is 10.7. The number of unbranched alkanes of at least 4 members (excludes halogenated alkanes) is 4. The summed E-state index contributed by atoms with van der Waals surface area (Å²) in [5, 5.41) is 0. The van der Waals surface area contributed by atoms with Gasteiger partial charge in [0.25, 0.3) is 0 Å². The minimum absolute atomic E-state index is 0.0556. The zero-order valence-electron chi connectivity index (χ0n) is 19.5. The van der Waals surface area contributed by atoms with Gasteiger partial charge in [0.05, 0.1) is 0 Å². The third-order valence-electron chi connectivity index (χ3n) is 5.59. The minimum atomic E-state index is -0.173. The molecule has 0 heterocycles. The lowest BCUT2D eigenvalue weighted by atomic mass is 9.96. The van der Waals surface area contributed by atoms with E-state index in [1.54, 1.807) is 0 Å². The fourth-order valence-electron chi connectivity index (χ4n) is 3.61. The van der Waals surface area contributed by atoms with Crippen LogP contribution in [-0.4, -0.2) is 18.2 Å². The molecular formula is C28H36O5. The molecule has 0 bridgehead atoms. The van der Waals surface area contributed by atoms with Crippen molar-refractivity contribution in [1.29, 1.82) is 0 Å². The zero-order chi connectivity index (χ0) is 23.6. The number of hydrogen-bond donors (Lipinski definition) is 0. The number of carbonyl (C=O) groups is 3. The highest BCUT2D eigenvalue weighted by molar-refractivity contribution is 5.69. The molecule has 0 N–H and O–H groups in total. The van der Waals surface area contributed by atoms with Gasteiger partial charge in [0.2, 0.25) is 0 Å². The summed E-state index contributed by atoms with van der Waals surface area (Å²) >= 11 is 0. The standard InChI is InChI=1S/C28H36O5/c29-21-24(13-5-3-11-19-27(30)32-22-25-15-7-1-8-16-25)14-6-4-12-20-28(31)33-23-26-17-9-2-10-18-26/h1-2,7-10,15-18,21,24H,3-6,11-14,19-20,22-23H2. The summed E-state index contributed by atoms with van der Waals surface area (Å²) in [7, 11) is 0. The Morgan fingerprint density at radius 2 is 1.06 bits per heavy atom. The molecule has 0 saturated carbocycles.